The van der Waals surface area contributed by atoms with Gasteiger partial charge < -0.3 is 5.73 Å². The Kier molecular flexibility index (Phi) is 4.06. The molecule has 0 radical (unpaired) electrons. The molecule has 2 N–H and O–H groups in total. The molecular formula is C14H12FNO2S. The highest BCUT2D eigenvalue weighted by Gasteiger charge is 2.07. The molecule has 98 valence electrons. The number of primary amides is 1. The molecule has 5 heteroatoms. The maximum absolute atomic E-state index is 12.8. The summed E-state index contributed by atoms with van der Waals surface area (Å²) in [7, 11) is -1.36. The van der Waals surface area contributed by atoms with E-state index in [1.165, 1.54) is 24.3 Å². The third-order valence-corrected chi connectivity index (χ3v) is 3.94. The lowest BCUT2D eigenvalue weighted by Crippen LogP contribution is -2.13. The summed E-state index contributed by atoms with van der Waals surface area (Å²) >= 11 is 0. The van der Waals surface area contributed by atoms with Crippen LogP contribution in [0.25, 0.3) is 0 Å². The van der Waals surface area contributed by atoms with Crippen molar-refractivity contribution in [1.29, 1.82) is 0 Å². The highest BCUT2D eigenvalue weighted by molar-refractivity contribution is 7.85. The molecule has 0 aliphatic carbocycles. The van der Waals surface area contributed by atoms with Gasteiger partial charge in [0.2, 0.25) is 5.91 Å². The van der Waals surface area contributed by atoms with Crippen LogP contribution in [0.15, 0.2) is 58.3 Å². The van der Waals surface area contributed by atoms with Crippen molar-refractivity contribution in [2.75, 3.05) is 0 Å². The van der Waals surface area contributed by atoms with Crippen LogP contribution >= 0.6 is 0 Å². The number of rotatable bonds is 4. The normalized spacial score (nSPS) is 12.1. The van der Waals surface area contributed by atoms with Crippen molar-refractivity contribution in [3.05, 3.63) is 59.9 Å². The number of amides is 1. The molecule has 0 heterocycles. The third-order valence-electron chi connectivity index (χ3n) is 2.54. The molecule has 3 nitrogen and oxygen atoms in total. The number of hydrogen-bond donors (Lipinski definition) is 1. The van der Waals surface area contributed by atoms with E-state index in [1.807, 2.05) is 0 Å². The van der Waals surface area contributed by atoms with Crippen LogP contribution < -0.4 is 5.73 Å². The largest absolute Gasteiger partial charge is 0.369 e. The van der Waals surface area contributed by atoms with Gasteiger partial charge in [-0.05, 0) is 42.0 Å². The zero-order valence-electron chi connectivity index (χ0n) is 10.0. The lowest BCUT2D eigenvalue weighted by atomic mass is 10.1. The Labute approximate surface area is 112 Å². The fourth-order valence-corrected chi connectivity index (χ4v) is 2.67. The van der Waals surface area contributed by atoms with Gasteiger partial charge >= 0.3 is 0 Å². The van der Waals surface area contributed by atoms with Crippen molar-refractivity contribution in [1.82, 2.24) is 0 Å². The van der Waals surface area contributed by atoms with Crippen molar-refractivity contribution in [3.8, 4) is 0 Å². The maximum atomic E-state index is 12.8. The minimum absolute atomic E-state index is 0.156. The van der Waals surface area contributed by atoms with E-state index < -0.39 is 16.7 Å². The fourth-order valence-electron chi connectivity index (χ4n) is 1.63. The summed E-state index contributed by atoms with van der Waals surface area (Å²) in [5.41, 5.74) is 5.86. The number of carbonyl (C=O) groups excluding carboxylic acids is 1. The van der Waals surface area contributed by atoms with E-state index in [2.05, 4.69) is 0 Å². The molecule has 1 unspecified atom stereocenters. The van der Waals surface area contributed by atoms with Crippen LogP contribution in [0.2, 0.25) is 0 Å². The zero-order valence-corrected chi connectivity index (χ0v) is 10.8. The maximum Gasteiger partial charge on any atom is 0.221 e. The standard InChI is InChI=1S/C14H12FNO2S/c15-11-3-7-13(8-4-11)19(18)12-5-1-10(2-6-12)9-14(16)17/h1-8H,9H2,(H2,16,17). The van der Waals surface area contributed by atoms with Crippen LogP contribution in [-0.4, -0.2) is 10.1 Å². The molecule has 0 bridgehead atoms. The van der Waals surface area contributed by atoms with Crippen LogP contribution in [0.1, 0.15) is 5.56 Å². The average Bonchev–Trinajstić information content (AvgIpc) is 2.39. The Bertz CT molecular complexity index is 608. The molecule has 0 aromatic heterocycles. The monoisotopic (exact) mass is 277 g/mol. The Morgan fingerprint density at radius 3 is 1.95 bits per heavy atom. The second kappa shape index (κ2) is 5.75. The number of nitrogens with two attached hydrogens (primary N) is 1. The number of benzene rings is 2. The van der Waals surface area contributed by atoms with Gasteiger partial charge in [-0.3, -0.25) is 4.79 Å². The fraction of sp³-hybridized carbons (Fsp3) is 0.0714. The van der Waals surface area contributed by atoms with E-state index in [0.29, 0.717) is 9.79 Å². The molecule has 0 saturated carbocycles. The second-order valence-electron chi connectivity index (χ2n) is 4.01. The van der Waals surface area contributed by atoms with Gasteiger partial charge in [0, 0.05) is 9.79 Å². The van der Waals surface area contributed by atoms with E-state index in [-0.39, 0.29) is 12.2 Å². The van der Waals surface area contributed by atoms with Crippen molar-refractivity contribution in [2.24, 2.45) is 5.73 Å². The van der Waals surface area contributed by atoms with Gasteiger partial charge in [0.1, 0.15) is 5.82 Å². The summed E-state index contributed by atoms with van der Waals surface area (Å²) in [6.45, 7) is 0. The molecule has 1 atom stereocenters. The highest BCUT2D eigenvalue weighted by Crippen LogP contribution is 2.17. The summed E-state index contributed by atoms with van der Waals surface area (Å²) in [6, 6.07) is 12.3. The smallest absolute Gasteiger partial charge is 0.221 e. The van der Waals surface area contributed by atoms with E-state index in [1.54, 1.807) is 24.3 Å². The molecular weight excluding hydrogens is 265 g/mol. The van der Waals surface area contributed by atoms with E-state index in [9.17, 15) is 13.4 Å². The molecule has 1 amide bonds. The van der Waals surface area contributed by atoms with E-state index in [0.717, 1.165) is 5.56 Å². The first-order valence-electron chi connectivity index (χ1n) is 5.61. The quantitative estimate of drug-likeness (QED) is 0.929. The molecule has 0 aliphatic heterocycles. The van der Waals surface area contributed by atoms with Gasteiger partial charge in [0.25, 0.3) is 0 Å². The average molecular weight is 277 g/mol. The van der Waals surface area contributed by atoms with Gasteiger partial charge in [-0.2, -0.15) is 0 Å². The summed E-state index contributed by atoms with van der Waals surface area (Å²) in [4.78, 5) is 11.9. The van der Waals surface area contributed by atoms with Crippen LogP contribution in [0.3, 0.4) is 0 Å². The van der Waals surface area contributed by atoms with Crippen molar-refractivity contribution < 1.29 is 13.4 Å². The first kappa shape index (κ1) is 13.4. The Morgan fingerprint density at radius 1 is 1.00 bits per heavy atom. The lowest BCUT2D eigenvalue weighted by molar-refractivity contribution is -0.117. The first-order valence-corrected chi connectivity index (χ1v) is 6.76. The van der Waals surface area contributed by atoms with Gasteiger partial charge in [-0.1, -0.05) is 12.1 Å². The Hall–Kier alpha value is -2.01. The summed E-state index contributed by atoms with van der Waals surface area (Å²) in [5.74, 6) is -0.773. The van der Waals surface area contributed by atoms with Gasteiger partial charge in [0.05, 0.1) is 17.2 Å². The topological polar surface area (TPSA) is 60.2 Å². The molecule has 0 spiro atoms. The number of carbonyl (C=O) groups is 1. The molecule has 2 aromatic rings. The minimum Gasteiger partial charge on any atom is -0.369 e. The summed E-state index contributed by atoms with van der Waals surface area (Å²) in [5, 5.41) is 0. The molecule has 2 rings (SSSR count). The Balaban J connectivity index is 2.20. The van der Waals surface area contributed by atoms with Gasteiger partial charge in [0.15, 0.2) is 0 Å². The highest BCUT2D eigenvalue weighted by atomic mass is 32.2. The number of hydrogen-bond acceptors (Lipinski definition) is 2. The van der Waals surface area contributed by atoms with Crippen LogP contribution in [0.4, 0.5) is 4.39 Å². The first-order chi connectivity index (χ1) is 9.06. The van der Waals surface area contributed by atoms with E-state index >= 15 is 0 Å². The molecule has 0 aliphatic rings. The van der Waals surface area contributed by atoms with Gasteiger partial charge in [-0.25, -0.2) is 8.60 Å². The predicted molar refractivity (Wildman–Crippen MR) is 70.4 cm³/mol. The minimum atomic E-state index is -1.36. The summed E-state index contributed by atoms with van der Waals surface area (Å²) < 4.78 is 25.0. The third kappa shape index (κ3) is 3.48. The SMILES string of the molecule is NC(=O)Cc1ccc(S(=O)c2ccc(F)cc2)cc1. The lowest BCUT2D eigenvalue weighted by Gasteiger charge is -2.04. The van der Waals surface area contributed by atoms with Crippen molar-refractivity contribution in [3.63, 3.8) is 0 Å². The zero-order chi connectivity index (χ0) is 13.8. The van der Waals surface area contributed by atoms with Crippen molar-refractivity contribution >= 4 is 16.7 Å². The van der Waals surface area contributed by atoms with Crippen LogP contribution in [0, 0.1) is 5.82 Å². The molecule has 19 heavy (non-hydrogen) atoms. The molecule has 2 aromatic carbocycles. The number of halogens is 1. The molecule has 0 fully saturated rings. The molecule has 0 saturated heterocycles. The predicted octanol–water partition coefficient (Wildman–Crippen LogP) is 2.02. The van der Waals surface area contributed by atoms with Crippen molar-refractivity contribution in [2.45, 2.75) is 16.2 Å². The van der Waals surface area contributed by atoms with Crippen LogP contribution in [0.5, 0.6) is 0 Å². The van der Waals surface area contributed by atoms with Gasteiger partial charge in [-0.15, -0.1) is 0 Å². The Morgan fingerprint density at radius 2 is 1.47 bits per heavy atom. The van der Waals surface area contributed by atoms with E-state index in [4.69, 9.17) is 5.73 Å². The second-order valence-corrected chi connectivity index (χ2v) is 5.49. The van der Waals surface area contributed by atoms with Crippen LogP contribution in [-0.2, 0) is 22.0 Å². The summed E-state index contributed by atoms with van der Waals surface area (Å²) in [6.07, 6.45) is 0.156.